The Hall–Kier alpha value is -3.02. The van der Waals surface area contributed by atoms with E-state index < -0.39 is 11.9 Å². The lowest BCUT2D eigenvalue weighted by atomic mass is 10.1. The van der Waals surface area contributed by atoms with Crippen molar-refractivity contribution in [3.8, 4) is 11.5 Å². The van der Waals surface area contributed by atoms with Crippen LogP contribution in [-0.2, 0) is 4.79 Å². The Morgan fingerprint density at radius 3 is 2.33 bits per heavy atom. The Morgan fingerprint density at radius 1 is 0.889 bits per heavy atom. The summed E-state index contributed by atoms with van der Waals surface area (Å²) in [5.74, 6) is -0.646. The van der Waals surface area contributed by atoms with Crippen LogP contribution in [0.15, 0.2) is 48.5 Å². The summed E-state index contributed by atoms with van der Waals surface area (Å²) < 4.78 is 5.78. The molecule has 3 N–H and O–H groups in total. The van der Waals surface area contributed by atoms with Gasteiger partial charge in [0.05, 0.1) is 17.9 Å². The van der Waals surface area contributed by atoms with Crippen LogP contribution in [0.5, 0.6) is 11.5 Å². The summed E-state index contributed by atoms with van der Waals surface area (Å²) in [4.78, 5) is 22.8. The van der Waals surface area contributed by atoms with E-state index in [-0.39, 0.29) is 17.7 Å². The van der Waals surface area contributed by atoms with Gasteiger partial charge < -0.3 is 20.3 Å². The summed E-state index contributed by atoms with van der Waals surface area (Å²) in [7, 11) is 0. The highest BCUT2D eigenvalue weighted by atomic mass is 16.5. The lowest BCUT2D eigenvalue weighted by molar-refractivity contribution is -0.137. The van der Waals surface area contributed by atoms with Crippen LogP contribution in [-0.4, -0.2) is 28.7 Å². The number of amides is 1. The van der Waals surface area contributed by atoms with Gasteiger partial charge in [0.2, 0.25) is 0 Å². The number of rotatable bonds is 11. The van der Waals surface area contributed by atoms with E-state index >= 15 is 0 Å². The first-order valence-corrected chi connectivity index (χ1v) is 9.11. The molecule has 0 saturated carbocycles. The number of phenolic OH excluding ortho intramolecular Hbond substituents is 1. The molecule has 0 aliphatic carbocycles. The molecule has 1 amide bonds. The fraction of sp³-hybridized carbons (Fsp3) is 0.333. The summed E-state index contributed by atoms with van der Waals surface area (Å²) in [5, 5.41) is 21.2. The normalized spacial score (nSPS) is 10.4. The first kappa shape index (κ1) is 20.3. The molecule has 0 spiro atoms. The standard InChI is InChI=1S/C21H25NO5/c23-18-12-7-5-10-16(18)21(26)22-17-11-6-8-13-19(17)27-15-9-3-1-2-4-14-20(24)25/h5-8,10-13,23H,1-4,9,14-15H2,(H,22,26)(H,24,25). The molecule has 0 unspecified atom stereocenters. The Balaban J connectivity index is 1.79. The summed E-state index contributed by atoms with van der Waals surface area (Å²) in [5.41, 5.74) is 0.751. The summed E-state index contributed by atoms with van der Waals surface area (Å²) in [6.07, 6.45) is 4.63. The predicted octanol–water partition coefficient (Wildman–Crippen LogP) is 4.45. The van der Waals surface area contributed by atoms with Crippen molar-refractivity contribution < 1.29 is 24.5 Å². The van der Waals surface area contributed by atoms with Gasteiger partial charge in [0.25, 0.3) is 5.91 Å². The average Bonchev–Trinajstić information content (AvgIpc) is 2.65. The van der Waals surface area contributed by atoms with Crippen LogP contribution in [0.4, 0.5) is 5.69 Å². The first-order chi connectivity index (χ1) is 13.1. The number of carbonyl (C=O) groups excluding carboxylic acids is 1. The fourth-order valence-corrected chi connectivity index (χ4v) is 2.64. The van der Waals surface area contributed by atoms with E-state index in [4.69, 9.17) is 9.84 Å². The highest BCUT2D eigenvalue weighted by molar-refractivity contribution is 6.06. The molecule has 0 saturated heterocycles. The maximum Gasteiger partial charge on any atom is 0.303 e. The Kier molecular flexibility index (Phi) is 8.16. The molecular weight excluding hydrogens is 346 g/mol. The van der Waals surface area contributed by atoms with Crippen molar-refractivity contribution in [2.45, 2.75) is 38.5 Å². The van der Waals surface area contributed by atoms with Crippen molar-refractivity contribution in [2.24, 2.45) is 0 Å². The molecule has 0 aliphatic rings. The molecule has 0 radical (unpaired) electrons. The van der Waals surface area contributed by atoms with Gasteiger partial charge in [0.15, 0.2) is 0 Å². The molecular formula is C21H25NO5. The van der Waals surface area contributed by atoms with E-state index in [1.54, 1.807) is 36.4 Å². The van der Waals surface area contributed by atoms with Crippen LogP contribution in [0, 0.1) is 0 Å². The second kappa shape index (κ2) is 10.9. The molecule has 6 heteroatoms. The fourth-order valence-electron chi connectivity index (χ4n) is 2.64. The van der Waals surface area contributed by atoms with E-state index in [0.717, 1.165) is 25.7 Å². The van der Waals surface area contributed by atoms with Gasteiger partial charge in [0.1, 0.15) is 11.5 Å². The molecule has 0 heterocycles. The second-order valence-electron chi connectivity index (χ2n) is 6.23. The third-order valence-corrected chi connectivity index (χ3v) is 4.08. The van der Waals surface area contributed by atoms with E-state index in [0.29, 0.717) is 24.5 Å². The summed E-state index contributed by atoms with van der Waals surface area (Å²) >= 11 is 0. The van der Waals surface area contributed by atoms with Crippen molar-refractivity contribution in [1.29, 1.82) is 0 Å². The number of nitrogens with one attached hydrogen (secondary N) is 1. The number of carbonyl (C=O) groups is 2. The maximum absolute atomic E-state index is 12.3. The number of hydrogen-bond donors (Lipinski definition) is 3. The number of carboxylic acid groups (broad SMARTS) is 1. The minimum Gasteiger partial charge on any atom is -0.507 e. The van der Waals surface area contributed by atoms with Crippen LogP contribution in [0.25, 0.3) is 0 Å². The van der Waals surface area contributed by atoms with E-state index in [9.17, 15) is 14.7 Å². The summed E-state index contributed by atoms with van der Waals surface area (Å²) in [6, 6.07) is 13.5. The molecule has 2 rings (SSSR count). The van der Waals surface area contributed by atoms with Crippen LogP contribution in [0.3, 0.4) is 0 Å². The van der Waals surface area contributed by atoms with Crippen molar-refractivity contribution in [3.63, 3.8) is 0 Å². The van der Waals surface area contributed by atoms with Crippen molar-refractivity contribution in [3.05, 3.63) is 54.1 Å². The molecule has 0 fully saturated rings. The zero-order valence-corrected chi connectivity index (χ0v) is 15.2. The third kappa shape index (κ3) is 7.01. The van der Waals surface area contributed by atoms with Gasteiger partial charge >= 0.3 is 5.97 Å². The van der Waals surface area contributed by atoms with Crippen molar-refractivity contribution in [1.82, 2.24) is 0 Å². The van der Waals surface area contributed by atoms with Crippen LogP contribution >= 0.6 is 0 Å². The van der Waals surface area contributed by atoms with Gasteiger partial charge in [-0.1, -0.05) is 43.5 Å². The van der Waals surface area contributed by atoms with Gasteiger partial charge in [-0.25, -0.2) is 0 Å². The van der Waals surface area contributed by atoms with Gasteiger partial charge in [-0.2, -0.15) is 0 Å². The zero-order chi connectivity index (χ0) is 19.5. The molecule has 6 nitrogen and oxygen atoms in total. The SMILES string of the molecule is O=C(O)CCCCCCCOc1ccccc1NC(=O)c1ccccc1O. The molecule has 2 aromatic rings. The number of carboxylic acids is 1. The number of ether oxygens (including phenoxy) is 1. The van der Waals surface area contributed by atoms with Crippen LogP contribution in [0.2, 0.25) is 0 Å². The van der Waals surface area contributed by atoms with Crippen molar-refractivity contribution in [2.75, 3.05) is 11.9 Å². The lowest BCUT2D eigenvalue weighted by Gasteiger charge is -2.13. The largest absolute Gasteiger partial charge is 0.507 e. The first-order valence-electron chi connectivity index (χ1n) is 9.11. The van der Waals surface area contributed by atoms with E-state index in [2.05, 4.69) is 5.32 Å². The highest BCUT2D eigenvalue weighted by Crippen LogP contribution is 2.26. The number of para-hydroxylation sites is 3. The predicted molar refractivity (Wildman–Crippen MR) is 103 cm³/mol. The molecule has 27 heavy (non-hydrogen) atoms. The average molecular weight is 371 g/mol. The molecule has 144 valence electrons. The maximum atomic E-state index is 12.3. The Labute approximate surface area is 158 Å². The number of unbranched alkanes of at least 4 members (excludes halogenated alkanes) is 4. The second-order valence-corrected chi connectivity index (χ2v) is 6.23. The highest BCUT2D eigenvalue weighted by Gasteiger charge is 2.12. The molecule has 0 atom stereocenters. The van der Waals surface area contributed by atoms with E-state index in [1.165, 1.54) is 6.07 Å². The van der Waals surface area contributed by atoms with Gasteiger partial charge in [0, 0.05) is 6.42 Å². The number of anilines is 1. The monoisotopic (exact) mass is 371 g/mol. The van der Waals surface area contributed by atoms with Crippen LogP contribution in [0.1, 0.15) is 48.9 Å². The van der Waals surface area contributed by atoms with E-state index in [1.807, 2.05) is 6.07 Å². The smallest absolute Gasteiger partial charge is 0.303 e. The third-order valence-electron chi connectivity index (χ3n) is 4.08. The van der Waals surface area contributed by atoms with Gasteiger partial charge in [-0.05, 0) is 37.1 Å². The van der Waals surface area contributed by atoms with Gasteiger partial charge in [-0.3, -0.25) is 9.59 Å². The number of benzene rings is 2. The lowest BCUT2D eigenvalue weighted by Crippen LogP contribution is -2.13. The van der Waals surface area contributed by atoms with Crippen LogP contribution < -0.4 is 10.1 Å². The van der Waals surface area contributed by atoms with Gasteiger partial charge in [-0.15, -0.1) is 0 Å². The number of aliphatic carboxylic acids is 1. The summed E-state index contributed by atoms with van der Waals surface area (Å²) in [6.45, 7) is 0.516. The topological polar surface area (TPSA) is 95.9 Å². The number of phenols is 1. The molecule has 0 aromatic heterocycles. The number of aromatic hydroxyl groups is 1. The molecule has 2 aromatic carbocycles. The Morgan fingerprint density at radius 2 is 1.56 bits per heavy atom. The number of hydrogen-bond acceptors (Lipinski definition) is 4. The quantitative estimate of drug-likeness (QED) is 0.507. The minimum atomic E-state index is -0.749. The van der Waals surface area contributed by atoms with Crippen molar-refractivity contribution >= 4 is 17.6 Å². The zero-order valence-electron chi connectivity index (χ0n) is 15.2. The molecule has 0 bridgehead atoms. The Bertz CT molecular complexity index is 760. The minimum absolute atomic E-state index is 0.0729. The molecule has 0 aliphatic heterocycles.